The first-order valence-corrected chi connectivity index (χ1v) is 12.3. The third kappa shape index (κ3) is 5.50. The van der Waals surface area contributed by atoms with Crippen molar-refractivity contribution in [3.05, 3.63) is 45.9 Å². The van der Waals surface area contributed by atoms with Crippen LogP contribution in [0.5, 0.6) is 0 Å². The number of rotatable bonds is 7. The lowest BCUT2D eigenvalue weighted by molar-refractivity contribution is -0.154. The number of halogens is 1. The molecule has 33 heavy (non-hydrogen) atoms. The first-order valence-electron chi connectivity index (χ1n) is 11.0. The van der Waals surface area contributed by atoms with Gasteiger partial charge < -0.3 is 20.1 Å². The summed E-state index contributed by atoms with van der Waals surface area (Å²) in [6, 6.07) is 6.80. The van der Waals surface area contributed by atoms with Gasteiger partial charge in [-0.05, 0) is 30.0 Å². The van der Waals surface area contributed by atoms with Crippen LogP contribution in [0.3, 0.4) is 0 Å². The van der Waals surface area contributed by atoms with Crippen LogP contribution >= 0.6 is 22.9 Å². The molecule has 0 saturated carbocycles. The second kappa shape index (κ2) is 9.99. The molecule has 1 amide bonds. The molecule has 7 nitrogen and oxygen atoms in total. The van der Waals surface area contributed by atoms with E-state index in [2.05, 4.69) is 10.3 Å². The topological polar surface area (TPSA) is 91.8 Å². The smallest absolute Gasteiger partial charge is 0.311 e. The number of aliphatic hydroxyl groups is 1. The summed E-state index contributed by atoms with van der Waals surface area (Å²) >= 11 is 7.39. The highest BCUT2D eigenvalue weighted by molar-refractivity contribution is 7.13. The lowest BCUT2D eigenvalue weighted by atomic mass is 9.66. The number of thiazole rings is 1. The van der Waals surface area contributed by atoms with E-state index in [0.29, 0.717) is 35.4 Å². The zero-order valence-corrected chi connectivity index (χ0v) is 21.3. The van der Waals surface area contributed by atoms with Crippen molar-refractivity contribution in [1.29, 1.82) is 0 Å². The van der Waals surface area contributed by atoms with Gasteiger partial charge in [-0.25, -0.2) is 4.98 Å². The quantitative estimate of drug-likeness (QED) is 0.564. The number of hydrogen-bond donors (Lipinski definition) is 2. The summed E-state index contributed by atoms with van der Waals surface area (Å²) < 4.78 is 4.69. The van der Waals surface area contributed by atoms with E-state index in [0.717, 1.165) is 5.56 Å². The molecule has 1 aromatic carbocycles. The summed E-state index contributed by atoms with van der Waals surface area (Å²) in [5.74, 6) is -0.362. The maximum absolute atomic E-state index is 13.5. The molecule has 1 aliphatic heterocycles. The Hall–Kier alpha value is -2.16. The molecule has 1 aromatic heterocycles. The fourth-order valence-electron chi connectivity index (χ4n) is 4.29. The minimum absolute atomic E-state index is 0.0191. The number of esters is 1. The van der Waals surface area contributed by atoms with Crippen molar-refractivity contribution in [3.8, 4) is 0 Å². The van der Waals surface area contributed by atoms with E-state index in [1.165, 1.54) is 18.4 Å². The van der Waals surface area contributed by atoms with Crippen molar-refractivity contribution in [2.75, 3.05) is 25.5 Å². The van der Waals surface area contributed by atoms with Gasteiger partial charge in [0.2, 0.25) is 5.91 Å². The number of anilines is 1. The Bertz CT molecular complexity index is 992. The summed E-state index contributed by atoms with van der Waals surface area (Å²) in [4.78, 5) is 31.3. The Labute approximate surface area is 204 Å². The lowest BCUT2D eigenvalue weighted by Gasteiger charge is -2.51. The minimum Gasteiger partial charge on any atom is -0.469 e. The van der Waals surface area contributed by atoms with Gasteiger partial charge in [0.1, 0.15) is 6.04 Å². The molecule has 3 rings (SSSR count). The van der Waals surface area contributed by atoms with Gasteiger partial charge in [-0.15, -0.1) is 11.3 Å². The van der Waals surface area contributed by atoms with Crippen LogP contribution < -0.4 is 5.32 Å². The summed E-state index contributed by atoms with van der Waals surface area (Å²) in [5.41, 5.74) is -0.210. The molecule has 1 fully saturated rings. The van der Waals surface area contributed by atoms with E-state index in [-0.39, 0.29) is 24.2 Å². The SMILES string of the molecule is COC(=O)Cc1csc(N[C@@H](C(=O)N2CC[C@](O)(c3ccc(Cl)cc3)C(C)(C)C2)C(C)C)n1. The number of amides is 1. The molecule has 9 heteroatoms. The molecule has 2 heterocycles. The number of nitrogens with zero attached hydrogens (tertiary/aromatic N) is 2. The van der Waals surface area contributed by atoms with E-state index < -0.39 is 17.1 Å². The maximum Gasteiger partial charge on any atom is 0.311 e. The third-order valence-corrected chi connectivity index (χ3v) is 7.47. The largest absolute Gasteiger partial charge is 0.469 e. The number of nitrogens with one attached hydrogen (secondary N) is 1. The number of ether oxygens (including phenoxy) is 1. The van der Waals surface area contributed by atoms with Crippen molar-refractivity contribution < 1.29 is 19.4 Å². The minimum atomic E-state index is -1.06. The van der Waals surface area contributed by atoms with Crippen molar-refractivity contribution >= 4 is 39.9 Å². The number of benzene rings is 1. The second-order valence-electron chi connectivity index (χ2n) is 9.52. The van der Waals surface area contributed by atoms with Gasteiger partial charge in [0.15, 0.2) is 5.13 Å². The van der Waals surface area contributed by atoms with Crippen LogP contribution in [0.15, 0.2) is 29.6 Å². The molecule has 1 saturated heterocycles. The monoisotopic (exact) mass is 493 g/mol. The van der Waals surface area contributed by atoms with E-state index in [9.17, 15) is 14.7 Å². The number of hydrogen-bond acceptors (Lipinski definition) is 7. The lowest BCUT2D eigenvalue weighted by Crippen LogP contribution is -2.59. The van der Waals surface area contributed by atoms with Crippen LogP contribution in [0.4, 0.5) is 5.13 Å². The average molecular weight is 494 g/mol. The molecule has 2 N–H and O–H groups in total. The van der Waals surface area contributed by atoms with E-state index in [4.69, 9.17) is 16.3 Å². The summed E-state index contributed by atoms with van der Waals surface area (Å²) in [6.45, 7) is 8.80. The maximum atomic E-state index is 13.5. The normalized spacial score (nSPS) is 21.0. The van der Waals surface area contributed by atoms with Gasteiger partial charge in [0, 0.05) is 28.9 Å². The number of aromatic nitrogens is 1. The van der Waals surface area contributed by atoms with E-state index >= 15 is 0 Å². The Kier molecular flexibility index (Phi) is 7.71. The first kappa shape index (κ1) is 25.5. The molecule has 180 valence electrons. The fraction of sp³-hybridized carbons (Fsp3) is 0.542. The Morgan fingerprint density at radius 3 is 2.55 bits per heavy atom. The van der Waals surface area contributed by atoms with Crippen molar-refractivity contribution in [2.24, 2.45) is 11.3 Å². The number of carbonyl (C=O) groups excluding carboxylic acids is 2. The fourth-order valence-corrected chi connectivity index (χ4v) is 5.16. The van der Waals surface area contributed by atoms with Crippen molar-refractivity contribution in [3.63, 3.8) is 0 Å². The average Bonchev–Trinajstić information content (AvgIpc) is 3.20. The molecule has 0 aliphatic carbocycles. The van der Waals surface area contributed by atoms with Gasteiger partial charge in [-0.3, -0.25) is 9.59 Å². The van der Waals surface area contributed by atoms with Gasteiger partial charge >= 0.3 is 5.97 Å². The summed E-state index contributed by atoms with van der Waals surface area (Å²) in [6.07, 6.45) is 0.525. The molecule has 1 aliphatic rings. The molecule has 0 unspecified atom stereocenters. The summed E-state index contributed by atoms with van der Waals surface area (Å²) in [5, 5.41) is 17.9. The van der Waals surface area contributed by atoms with Gasteiger partial charge in [0.25, 0.3) is 0 Å². The van der Waals surface area contributed by atoms with Crippen LogP contribution in [0, 0.1) is 11.3 Å². The van der Waals surface area contributed by atoms with E-state index in [1.54, 1.807) is 17.5 Å². The Morgan fingerprint density at radius 2 is 1.97 bits per heavy atom. The first-order chi connectivity index (χ1) is 15.5. The molecule has 2 aromatic rings. The Morgan fingerprint density at radius 1 is 1.30 bits per heavy atom. The predicted octanol–water partition coefficient (Wildman–Crippen LogP) is 4.09. The Balaban J connectivity index is 1.73. The van der Waals surface area contributed by atoms with Crippen LogP contribution in [0.1, 0.15) is 45.4 Å². The second-order valence-corrected chi connectivity index (χ2v) is 10.8. The van der Waals surface area contributed by atoms with Crippen LogP contribution in [0.2, 0.25) is 5.02 Å². The van der Waals surface area contributed by atoms with Gasteiger partial charge in [-0.2, -0.15) is 0 Å². The highest BCUT2D eigenvalue weighted by Gasteiger charge is 2.50. The van der Waals surface area contributed by atoms with Crippen LogP contribution in [-0.2, 0) is 26.3 Å². The number of methoxy groups -OCH3 is 1. The molecule has 0 bridgehead atoms. The van der Waals surface area contributed by atoms with Gasteiger partial charge in [-0.1, -0.05) is 51.4 Å². The molecule has 0 spiro atoms. The zero-order chi connectivity index (χ0) is 24.4. The molecule has 0 radical (unpaired) electrons. The zero-order valence-electron chi connectivity index (χ0n) is 19.7. The molecule has 2 atom stereocenters. The van der Waals surface area contributed by atoms with E-state index in [1.807, 2.05) is 44.7 Å². The third-order valence-electron chi connectivity index (χ3n) is 6.40. The predicted molar refractivity (Wildman–Crippen MR) is 130 cm³/mol. The van der Waals surface area contributed by atoms with Gasteiger partial charge in [0.05, 0.1) is 24.8 Å². The van der Waals surface area contributed by atoms with Crippen molar-refractivity contribution in [1.82, 2.24) is 9.88 Å². The van der Waals surface area contributed by atoms with Crippen LogP contribution in [-0.4, -0.2) is 53.1 Å². The summed E-state index contributed by atoms with van der Waals surface area (Å²) in [7, 11) is 1.34. The molecular weight excluding hydrogens is 462 g/mol. The highest BCUT2D eigenvalue weighted by Crippen LogP contribution is 2.46. The highest BCUT2D eigenvalue weighted by atomic mass is 35.5. The van der Waals surface area contributed by atoms with Crippen LogP contribution in [0.25, 0.3) is 0 Å². The van der Waals surface area contributed by atoms with Crippen molar-refractivity contribution in [2.45, 2.75) is 52.2 Å². The number of likely N-dealkylation sites (tertiary alicyclic amines) is 1. The standard InChI is InChI=1S/C24H32ClN3O4S/c1-15(2)20(27-22-26-18(13-33-22)12-19(29)32-5)21(30)28-11-10-24(31,23(3,4)14-28)16-6-8-17(25)9-7-16/h6-9,13,15,20,31H,10-12,14H2,1-5H3,(H,26,27)/t20-,24+/m1/s1. The number of carbonyl (C=O) groups is 2. The number of piperidine rings is 1. The molecular formula is C24H32ClN3O4S.